The highest BCUT2D eigenvalue weighted by molar-refractivity contribution is 6.06. The van der Waals surface area contributed by atoms with Crippen molar-refractivity contribution >= 4 is 16.8 Å². The third-order valence-corrected chi connectivity index (χ3v) is 5.37. The van der Waals surface area contributed by atoms with Crippen LogP contribution in [-0.2, 0) is 4.74 Å². The highest BCUT2D eigenvalue weighted by Crippen LogP contribution is 2.25. The maximum atomic E-state index is 13.1. The largest absolute Gasteiger partial charge is 0.388 e. The molecule has 1 aliphatic rings. The molecule has 0 radical (unpaired) electrons. The molecule has 7 nitrogen and oxygen atoms in total. The van der Waals surface area contributed by atoms with E-state index in [9.17, 15) is 9.90 Å². The van der Waals surface area contributed by atoms with E-state index in [1.54, 1.807) is 26.4 Å². The number of aliphatic hydroxyl groups is 1. The van der Waals surface area contributed by atoms with Crippen molar-refractivity contribution in [2.75, 3.05) is 6.61 Å². The van der Waals surface area contributed by atoms with Crippen LogP contribution in [0.2, 0.25) is 0 Å². The Balaban J connectivity index is 1.43. The number of carbonyl (C=O) groups excluding carboxylic acids is 1. The lowest BCUT2D eigenvalue weighted by Crippen LogP contribution is -2.40. The quantitative estimate of drug-likeness (QED) is 0.597. The number of aromatic amines is 1. The van der Waals surface area contributed by atoms with Gasteiger partial charge in [-0.1, -0.05) is 0 Å². The van der Waals surface area contributed by atoms with Crippen molar-refractivity contribution in [1.82, 2.24) is 19.9 Å². The summed E-state index contributed by atoms with van der Waals surface area (Å²) in [6.07, 6.45) is 10.8. The van der Waals surface area contributed by atoms with E-state index in [1.807, 2.05) is 35.2 Å². The van der Waals surface area contributed by atoms with Gasteiger partial charge in [-0.25, -0.2) is 4.98 Å². The number of rotatable bonds is 6. The molecule has 1 amide bonds. The molecule has 1 fully saturated rings. The number of H-pyrrole nitrogens is 1. The highest BCUT2D eigenvalue weighted by Gasteiger charge is 2.25. The van der Waals surface area contributed by atoms with Gasteiger partial charge in [-0.05, 0) is 57.7 Å². The van der Waals surface area contributed by atoms with Crippen molar-refractivity contribution < 1.29 is 14.6 Å². The van der Waals surface area contributed by atoms with Crippen LogP contribution in [0, 0.1) is 0 Å². The van der Waals surface area contributed by atoms with Gasteiger partial charge in [0.1, 0.15) is 0 Å². The van der Waals surface area contributed by atoms with E-state index < -0.39 is 5.60 Å². The molecule has 3 aromatic rings. The number of ether oxygens (including phenoxy) is 1. The molecule has 0 aliphatic heterocycles. The van der Waals surface area contributed by atoms with E-state index in [0.717, 1.165) is 42.3 Å². The number of nitrogens with one attached hydrogen (secondary N) is 2. The third-order valence-electron chi connectivity index (χ3n) is 5.37. The van der Waals surface area contributed by atoms with Crippen LogP contribution < -0.4 is 5.32 Å². The van der Waals surface area contributed by atoms with Gasteiger partial charge >= 0.3 is 0 Å². The lowest BCUT2D eigenvalue weighted by molar-refractivity contribution is -0.0640. The molecule has 0 atom stereocenters. The Hall–Kier alpha value is -2.64. The first-order chi connectivity index (χ1) is 13.9. The zero-order valence-corrected chi connectivity index (χ0v) is 16.9. The summed E-state index contributed by atoms with van der Waals surface area (Å²) in [7, 11) is 0. The minimum atomic E-state index is -0.813. The van der Waals surface area contributed by atoms with Crippen LogP contribution in [0.5, 0.6) is 0 Å². The Kier molecular flexibility index (Phi) is 5.43. The van der Waals surface area contributed by atoms with Crippen molar-refractivity contribution in [2.45, 2.75) is 57.3 Å². The molecular weight excluding hydrogens is 368 g/mol. The van der Waals surface area contributed by atoms with E-state index in [4.69, 9.17) is 4.74 Å². The van der Waals surface area contributed by atoms with Gasteiger partial charge in [0.15, 0.2) is 0 Å². The van der Waals surface area contributed by atoms with Crippen LogP contribution in [0.4, 0.5) is 0 Å². The second-order valence-electron chi connectivity index (χ2n) is 8.48. The lowest BCUT2D eigenvalue weighted by Gasteiger charge is -2.31. The van der Waals surface area contributed by atoms with Crippen molar-refractivity contribution in [1.29, 1.82) is 0 Å². The van der Waals surface area contributed by atoms with Gasteiger partial charge in [-0.2, -0.15) is 0 Å². The average Bonchev–Trinajstić information content (AvgIpc) is 3.37. The molecule has 2 aromatic heterocycles. The van der Waals surface area contributed by atoms with Crippen LogP contribution >= 0.6 is 0 Å². The molecule has 0 saturated heterocycles. The number of hydrogen-bond acceptors (Lipinski definition) is 4. The monoisotopic (exact) mass is 396 g/mol. The normalized spacial score (nSPS) is 20.1. The highest BCUT2D eigenvalue weighted by atomic mass is 16.5. The van der Waals surface area contributed by atoms with Gasteiger partial charge in [0, 0.05) is 35.7 Å². The van der Waals surface area contributed by atoms with Crippen molar-refractivity contribution in [2.24, 2.45) is 0 Å². The number of hydrogen-bond donors (Lipinski definition) is 3. The van der Waals surface area contributed by atoms with Crippen molar-refractivity contribution in [3.8, 4) is 5.69 Å². The third kappa shape index (κ3) is 4.68. The molecule has 0 spiro atoms. The number of amides is 1. The molecule has 1 aromatic carbocycles. The molecular formula is C22H28N4O3. The van der Waals surface area contributed by atoms with Crippen LogP contribution in [0.25, 0.3) is 16.6 Å². The van der Waals surface area contributed by atoms with Gasteiger partial charge in [-0.3, -0.25) is 4.79 Å². The summed E-state index contributed by atoms with van der Waals surface area (Å²) in [6, 6.07) is 6.03. The maximum Gasteiger partial charge on any atom is 0.253 e. The van der Waals surface area contributed by atoms with Gasteiger partial charge in [0.05, 0.1) is 35.7 Å². The minimum Gasteiger partial charge on any atom is -0.388 e. The molecule has 7 heteroatoms. The summed E-state index contributed by atoms with van der Waals surface area (Å²) in [5, 5.41) is 14.0. The van der Waals surface area contributed by atoms with Crippen LogP contribution in [-0.4, -0.2) is 49.9 Å². The lowest BCUT2D eigenvalue weighted by atomic mass is 9.92. The summed E-state index contributed by atoms with van der Waals surface area (Å²) in [5.74, 6) is -0.0692. The Labute approximate surface area is 170 Å². The smallest absolute Gasteiger partial charge is 0.253 e. The standard InChI is InChI=1S/C22H28N4O3/c1-22(2,28)13-29-18-5-3-16(4-6-18)25-21(27)19-12-17(26-10-9-23-14-26)11-15-7-8-24-20(15)19/h7-12,14,16,18,24,28H,3-6,13H2,1-2H3,(H,25,27). The van der Waals surface area contributed by atoms with Gasteiger partial charge in [0.2, 0.25) is 0 Å². The summed E-state index contributed by atoms with van der Waals surface area (Å²) in [4.78, 5) is 20.4. The van der Waals surface area contributed by atoms with Gasteiger partial charge in [-0.15, -0.1) is 0 Å². The number of imidazole rings is 1. The van der Waals surface area contributed by atoms with E-state index in [0.29, 0.717) is 12.2 Å². The number of fused-ring (bicyclic) bond motifs is 1. The summed E-state index contributed by atoms with van der Waals surface area (Å²) < 4.78 is 7.71. The summed E-state index contributed by atoms with van der Waals surface area (Å²) in [5.41, 5.74) is 1.57. The first-order valence-corrected chi connectivity index (χ1v) is 10.1. The average molecular weight is 396 g/mol. The van der Waals surface area contributed by atoms with Crippen molar-refractivity contribution in [3.05, 3.63) is 48.7 Å². The topological polar surface area (TPSA) is 92.2 Å². The van der Waals surface area contributed by atoms with Crippen LogP contribution in [0.3, 0.4) is 0 Å². The number of aromatic nitrogens is 3. The van der Waals surface area contributed by atoms with E-state index in [2.05, 4.69) is 15.3 Å². The fourth-order valence-corrected chi connectivity index (χ4v) is 3.85. The predicted molar refractivity (Wildman–Crippen MR) is 111 cm³/mol. The Bertz CT molecular complexity index is 964. The number of nitrogens with zero attached hydrogens (tertiary/aromatic N) is 2. The second-order valence-corrected chi connectivity index (χ2v) is 8.48. The summed E-state index contributed by atoms with van der Waals surface area (Å²) >= 11 is 0. The predicted octanol–water partition coefficient (Wildman–Crippen LogP) is 3.18. The fourth-order valence-electron chi connectivity index (χ4n) is 3.85. The van der Waals surface area contributed by atoms with Crippen LogP contribution in [0.1, 0.15) is 49.9 Å². The Morgan fingerprint density at radius 1 is 1.34 bits per heavy atom. The van der Waals surface area contributed by atoms with Gasteiger partial charge in [0.25, 0.3) is 5.91 Å². The Morgan fingerprint density at radius 2 is 2.14 bits per heavy atom. The first-order valence-electron chi connectivity index (χ1n) is 10.1. The zero-order chi connectivity index (χ0) is 20.4. The molecule has 3 N–H and O–H groups in total. The Morgan fingerprint density at radius 3 is 2.83 bits per heavy atom. The van der Waals surface area contributed by atoms with E-state index in [-0.39, 0.29) is 18.1 Å². The van der Waals surface area contributed by atoms with E-state index in [1.165, 1.54) is 0 Å². The maximum absolute atomic E-state index is 13.1. The number of benzene rings is 1. The fraction of sp³-hybridized carbons (Fsp3) is 0.455. The molecule has 0 bridgehead atoms. The van der Waals surface area contributed by atoms with Gasteiger partial charge < -0.3 is 24.7 Å². The summed E-state index contributed by atoms with van der Waals surface area (Å²) in [6.45, 7) is 3.83. The molecule has 29 heavy (non-hydrogen) atoms. The zero-order valence-electron chi connectivity index (χ0n) is 16.9. The molecule has 4 rings (SSSR count). The SMILES string of the molecule is CC(C)(O)COC1CCC(NC(=O)c2cc(-n3ccnc3)cc3cc[nH]c23)CC1. The van der Waals surface area contributed by atoms with Crippen LogP contribution in [0.15, 0.2) is 43.1 Å². The first kappa shape index (κ1) is 19.7. The second kappa shape index (κ2) is 8.00. The van der Waals surface area contributed by atoms with E-state index >= 15 is 0 Å². The van der Waals surface area contributed by atoms with Crippen molar-refractivity contribution in [3.63, 3.8) is 0 Å². The molecule has 2 heterocycles. The minimum absolute atomic E-state index is 0.0692. The molecule has 154 valence electrons. The molecule has 1 aliphatic carbocycles. The number of carbonyl (C=O) groups is 1. The molecule has 1 saturated carbocycles. The molecule has 0 unspecified atom stereocenters.